The second-order valence-corrected chi connectivity index (χ2v) is 30.4. The highest BCUT2D eigenvalue weighted by atomic mass is 31.2. The first kappa shape index (κ1) is 82.5. The van der Waals surface area contributed by atoms with E-state index in [2.05, 4.69) is 90.2 Å². The fourth-order valence-corrected chi connectivity index (χ4v) is 14.9. The number of nitrogens with two attached hydrogens (primary N) is 1. The maximum Gasteiger partial charge on any atom is 0.412 e. The van der Waals surface area contributed by atoms with Gasteiger partial charge in [-0.2, -0.15) is 0 Å². The third-order valence-electron chi connectivity index (χ3n) is 14.8. The van der Waals surface area contributed by atoms with Crippen LogP contribution in [-0.2, 0) is 74.6 Å². The molecule has 0 spiro atoms. The van der Waals surface area contributed by atoms with E-state index in [0.29, 0.717) is 35.5 Å². The van der Waals surface area contributed by atoms with Crippen LogP contribution in [0.3, 0.4) is 0 Å². The second kappa shape index (κ2) is 41.4. The first-order valence-corrected chi connectivity index (χ1v) is 37.5. The van der Waals surface area contributed by atoms with Crippen molar-refractivity contribution in [2.75, 3.05) is 56.8 Å². The Labute approximate surface area is 557 Å². The van der Waals surface area contributed by atoms with Gasteiger partial charge in [0.25, 0.3) is 0 Å². The topological polar surface area (TPSA) is 357 Å². The maximum absolute atomic E-state index is 14.6. The summed E-state index contributed by atoms with van der Waals surface area (Å²) in [5.41, 5.74) is 2.32. The summed E-state index contributed by atoms with van der Waals surface area (Å²) in [5, 5.41) is 14.4. The molecule has 0 fully saturated rings. The van der Waals surface area contributed by atoms with Gasteiger partial charge in [0.05, 0.1) is 71.0 Å². The number of hydrogen-bond acceptors (Lipinski definition) is 21. The molecule has 0 aliphatic heterocycles. The molecule has 0 aliphatic carbocycles. The number of nitrogens with zero attached hydrogens (tertiary/aromatic N) is 8. The minimum atomic E-state index is -3.84. The Balaban J connectivity index is 0.000000497. The largest absolute Gasteiger partial charge is 0.464 e. The third-order valence-corrected chi connectivity index (χ3v) is 19.5. The van der Waals surface area contributed by atoms with Crippen molar-refractivity contribution < 1.29 is 66.3 Å². The smallest absolute Gasteiger partial charge is 0.412 e. The highest BCUT2D eigenvalue weighted by Crippen LogP contribution is 2.44. The van der Waals surface area contributed by atoms with Gasteiger partial charge in [-0.1, -0.05) is 125 Å². The summed E-state index contributed by atoms with van der Waals surface area (Å²) in [6, 6.07) is 0. The molecule has 94 heavy (non-hydrogen) atoms. The van der Waals surface area contributed by atoms with Gasteiger partial charge in [-0.05, 0) is 101 Å². The van der Waals surface area contributed by atoms with Crippen molar-refractivity contribution >= 4 is 78.8 Å². The van der Waals surface area contributed by atoms with Crippen LogP contribution in [0, 0.1) is 0 Å². The number of aromatic nitrogens is 8. The number of amides is 1. The number of ether oxygens (including phenoxy) is 7. The zero-order chi connectivity index (χ0) is 70.0. The highest BCUT2D eigenvalue weighted by molar-refractivity contribution is 7.60. The Kier molecular flexibility index (Phi) is 36.3. The van der Waals surface area contributed by atoms with Gasteiger partial charge in [-0.15, -0.1) is 0 Å². The molecule has 0 radical (unpaired) electrons. The lowest BCUT2D eigenvalue weighted by atomic mass is 10.1. The van der Waals surface area contributed by atoms with Crippen LogP contribution >= 0.6 is 14.9 Å². The van der Waals surface area contributed by atoms with Gasteiger partial charge in [-0.25, -0.2) is 55.0 Å². The zero-order valence-electron chi connectivity index (χ0n) is 59.0. The molecule has 0 aromatic carbocycles. The average molecular weight is 1370 g/mol. The number of esters is 4. The Morgan fingerprint density at radius 1 is 0.447 bits per heavy atom. The Morgan fingerprint density at radius 3 is 1.12 bits per heavy atom. The van der Waals surface area contributed by atoms with Gasteiger partial charge >= 0.3 is 30.0 Å². The van der Waals surface area contributed by atoms with Gasteiger partial charge < -0.3 is 48.0 Å². The van der Waals surface area contributed by atoms with E-state index in [1.165, 1.54) is 12.7 Å². The van der Waals surface area contributed by atoms with E-state index >= 15 is 0 Å². The van der Waals surface area contributed by atoms with Crippen molar-refractivity contribution in [3.05, 3.63) is 25.3 Å². The van der Waals surface area contributed by atoms with Crippen LogP contribution in [0.1, 0.15) is 226 Å². The molecule has 4 rings (SSSR count). The molecule has 4 heterocycles. The summed E-state index contributed by atoms with van der Waals surface area (Å²) in [4.78, 5) is 89.9. The summed E-state index contributed by atoms with van der Waals surface area (Å²) in [6.45, 7) is 28.8. The summed E-state index contributed by atoms with van der Waals surface area (Å²) in [6.07, 6.45) is 21.5. The van der Waals surface area contributed by atoms with E-state index in [-0.39, 0.29) is 57.3 Å². The maximum atomic E-state index is 14.6. The molecule has 2 atom stereocenters. The molecule has 28 nitrogen and oxygen atoms in total. The van der Waals surface area contributed by atoms with Crippen molar-refractivity contribution in [2.24, 2.45) is 0 Å². The first-order chi connectivity index (χ1) is 44.4. The van der Waals surface area contributed by atoms with E-state index in [1.807, 2.05) is 6.92 Å². The minimum Gasteiger partial charge on any atom is -0.464 e. The number of carbonyl (C=O) groups excluding carboxylic acids is 5. The molecular formula is C64H114N14O14P2. The highest BCUT2D eigenvalue weighted by Gasteiger charge is 2.45. The van der Waals surface area contributed by atoms with Gasteiger partial charge in [0, 0.05) is 0 Å². The predicted molar refractivity (Wildman–Crippen MR) is 365 cm³/mol. The molecule has 0 aliphatic rings. The molecule has 4 aromatic heterocycles. The number of anilines is 2. The Morgan fingerprint density at radius 2 is 0.755 bits per heavy atom. The van der Waals surface area contributed by atoms with Crippen LogP contribution < -0.4 is 31.4 Å². The SMILES string of the molecule is CCCCCCOC(=O)C(C)(C)NP(=O)(CO[C@H](C)Cn1cnc2c(N)ncnc21)NC(C)(C)C(=O)OCCCCCC.CCCCCCOC(=O)C(C)(C)NP(=O)(CO[C@H](C)Cn1cnc2c(NC(=O)OCCCCC)ncnc21)NC(C)(C)C(=O)OCCCCCC. The van der Waals surface area contributed by atoms with Crippen LogP contribution in [0.15, 0.2) is 25.3 Å². The van der Waals surface area contributed by atoms with Crippen molar-refractivity contribution in [3.63, 3.8) is 0 Å². The summed E-state index contributed by atoms with van der Waals surface area (Å²) < 4.78 is 72.0. The normalized spacial score (nSPS) is 13.1. The molecule has 0 saturated heterocycles. The lowest BCUT2D eigenvalue weighted by Crippen LogP contribution is -2.54. The molecule has 534 valence electrons. The third kappa shape index (κ3) is 29.3. The van der Waals surface area contributed by atoms with E-state index < -0.39 is 79.2 Å². The first-order valence-electron chi connectivity index (χ1n) is 33.7. The van der Waals surface area contributed by atoms with Crippen molar-refractivity contribution in [1.29, 1.82) is 0 Å². The zero-order valence-corrected chi connectivity index (χ0v) is 60.8. The van der Waals surface area contributed by atoms with Gasteiger partial charge in [0.1, 0.15) is 53.0 Å². The molecule has 0 unspecified atom stereocenters. The second-order valence-electron chi connectivity index (χ2n) is 26.0. The Hall–Kier alpha value is -5.73. The van der Waals surface area contributed by atoms with E-state index in [9.17, 15) is 33.1 Å². The van der Waals surface area contributed by atoms with Crippen LogP contribution in [-0.4, -0.2) is 149 Å². The van der Waals surface area contributed by atoms with E-state index in [0.717, 1.165) is 122 Å². The van der Waals surface area contributed by atoms with Crippen LogP contribution in [0.25, 0.3) is 22.3 Å². The molecular weight excluding hydrogens is 1250 g/mol. The monoisotopic (exact) mass is 1360 g/mol. The number of unbranched alkanes of at least 4 members (excludes halogenated alkanes) is 14. The van der Waals surface area contributed by atoms with Crippen LogP contribution in [0.2, 0.25) is 0 Å². The lowest BCUT2D eigenvalue weighted by molar-refractivity contribution is -0.150. The van der Waals surface area contributed by atoms with Crippen molar-refractivity contribution in [1.82, 2.24) is 59.4 Å². The van der Waals surface area contributed by atoms with E-state index in [4.69, 9.17) is 38.9 Å². The minimum absolute atomic E-state index is 0.213. The molecule has 30 heteroatoms. The van der Waals surface area contributed by atoms with E-state index in [1.54, 1.807) is 84.1 Å². The summed E-state index contributed by atoms with van der Waals surface area (Å²) in [7, 11) is -7.60. The quantitative estimate of drug-likeness (QED) is 0.0104. The van der Waals surface area contributed by atoms with Crippen molar-refractivity contribution in [3.8, 4) is 0 Å². The number of carbonyl (C=O) groups is 5. The number of hydrogen-bond donors (Lipinski definition) is 6. The lowest BCUT2D eigenvalue weighted by Gasteiger charge is -2.35. The summed E-state index contributed by atoms with van der Waals surface area (Å²) in [5.74, 6) is -1.73. The van der Waals surface area contributed by atoms with Gasteiger partial charge in [0.2, 0.25) is 14.9 Å². The van der Waals surface area contributed by atoms with Gasteiger partial charge in [-0.3, -0.25) is 33.6 Å². The fourth-order valence-electron chi connectivity index (χ4n) is 9.58. The number of imidazole rings is 2. The standard InChI is InChI=1S/C35H62N7O8P.C29H52N7O6P/c1-9-12-15-18-20-47-31(43)34(5,6)40-51(46,41-35(7,8)32(44)48-21-19-16-13-10-2)26-50-27(4)23-42-25-38-28-29(36-24-37-30(28)42)39-33(45)49-22-17-14-11-3;1-8-10-12-14-16-40-26(37)28(4,5)34-43(39,35-29(6,7)27(38)41-17-15-13-11-9-2)21-42-22(3)18-36-20-33-23-24(30)31-19-32-25(23)36/h24-25,27H,9-23,26H2,1-8H3,(H2,40,41,46)(H,36,37,39,45);19-20,22H,8-18,21H2,1-7H3,(H2,30,31,32)(H2,34,35,39)/t27-;22-/m11/s1. The molecule has 4 aromatic rings. The molecule has 1 amide bonds. The number of nitrogens with one attached hydrogen (secondary N) is 5. The van der Waals surface area contributed by atoms with Gasteiger partial charge in [0.15, 0.2) is 28.4 Å². The van der Waals surface area contributed by atoms with Crippen molar-refractivity contribution in [2.45, 2.75) is 273 Å². The predicted octanol–water partition coefficient (Wildman–Crippen LogP) is 12.1. The molecule has 0 saturated carbocycles. The Bertz CT molecular complexity index is 2940. The fraction of sp³-hybridized carbons (Fsp3) is 0.766. The number of rotatable bonds is 47. The molecule has 7 N–H and O–H groups in total. The van der Waals surface area contributed by atoms with Crippen LogP contribution in [0.4, 0.5) is 16.4 Å². The molecule has 0 bridgehead atoms. The number of nitrogen functional groups attached to an aromatic ring is 1. The average Bonchev–Trinajstić information content (AvgIpc) is 1.17. The summed E-state index contributed by atoms with van der Waals surface area (Å²) >= 11 is 0. The number of fused-ring (bicyclic) bond motifs is 2. The van der Waals surface area contributed by atoms with Crippen LogP contribution in [0.5, 0.6) is 0 Å².